The average Bonchev–Trinajstić information content (AvgIpc) is 4.23. The van der Waals surface area contributed by atoms with Crippen molar-refractivity contribution >= 4 is 118 Å². The van der Waals surface area contributed by atoms with Gasteiger partial charge in [0.05, 0.1) is 37.2 Å². The first-order valence-corrected chi connectivity index (χ1v) is 25.6. The van der Waals surface area contributed by atoms with Crippen molar-refractivity contribution in [2.24, 2.45) is 0 Å². The zero-order valence-corrected chi connectivity index (χ0v) is 42.6. The molecule has 0 unspecified atom stereocenters. The molecule has 5 N–H and O–H groups in total. The van der Waals surface area contributed by atoms with E-state index < -0.39 is 11.6 Å². The molecule has 10 rings (SSSR count). The Kier molecular flexibility index (Phi) is 16.6. The van der Waals surface area contributed by atoms with Gasteiger partial charge in [0, 0.05) is 85.9 Å². The number of nitrogen functional groups attached to an aromatic ring is 1. The third kappa shape index (κ3) is 12.3. The second-order valence-electron chi connectivity index (χ2n) is 15.5. The molecule has 362 valence electrons. The molecule has 0 aliphatic heterocycles. The van der Waals surface area contributed by atoms with Crippen molar-refractivity contribution < 1.29 is 8.78 Å². The molecule has 6 aromatic heterocycles. The van der Waals surface area contributed by atoms with Crippen LogP contribution in [0.25, 0.3) is 20.7 Å². The molecule has 6 heterocycles. The molecule has 0 saturated heterocycles. The number of hydrogen-bond acceptors (Lipinski definition) is 15. The summed E-state index contributed by atoms with van der Waals surface area (Å²) in [5, 5.41) is 29.1. The van der Waals surface area contributed by atoms with Gasteiger partial charge in [0.2, 0.25) is 0 Å². The van der Waals surface area contributed by atoms with Crippen molar-refractivity contribution in [1.82, 2.24) is 39.0 Å². The van der Waals surface area contributed by atoms with Gasteiger partial charge in [0.15, 0.2) is 20.8 Å². The first kappa shape index (κ1) is 50.7. The first-order chi connectivity index (χ1) is 34.9. The quantitative estimate of drug-likeness (QED) is 0.0629. The molecule has 0 saturated carbocycles. The molecule has 10 aromatic rings. The van der Waals surface area contributed by atoms with Gasteiger partial charge in [-0.15, -0.1) is 11.3 Å². The lowest BCUT2D eigenvalue weighted by molar-refractivity contribution is 0.628. The predicted molar refractivity (Wildman–Crippen MR) is 287 cm³/mol. The molecule has 0 atom stereocenters. The van der Waals surface area contributed by atoms with Gasteiger partial charge in [-0.2, -0.15) is 15.5 Å². The number of nitrogens with two attached hydrogens (primary N) is 1. The van der Waals surface area contributed by atoms with Crippen molar-refractivity contribution in [1.29, 1.82) is 10.5 Å². The summed E-state index contributed by atoms with van der Waals surface area (Å²) >= 11 is 16.0. The summed E-state index contributed by atoms with van der Waals surface area (Å²) in [7, 11) is 0. The molecule has 4 aromatic carbocycles. The predicted octanol–water partition coefficient (Wildman–Crippen LogP) is 13.5. The van der Waals surface area contributed by atoms with Crippen LogP contribution in [0, 0.1) is 34.3 Å². The van der Waals surface area contributed by atoms with Gasteiger partial charge in [0.25, 0.3) is 0 Å². The lowest BCUT2D eigenvalue weighted by Gasteiger charge is -2.09. The van der Waals surface area contributed by atoms with Crippen LogP contribution in [-0.2, 0) is 25.9 Å². The third-order valence-corrected chi connectivity index (χ3v) is 14.3. The number of benzene rings is 4. The van der Waals surface area contributed by atoms with Crippen LogP contribution >= 0.6 is 57.6 Å². The number of pyridine rings is 2. The maximum atomic E-state index is 13.6. The second-order valence-corrected chi connectivity index (χ2v) is 19.4. The minimum atomic E-state index is -0.510. The molecule has 21 heteroatoms. The summed E-state index contributed by atoms with van der Waals surface area (Å²) in [5.74, 6) is 1.17. The van der Waals surface area contributed by atoms with Gasteiger partial charge >= 0.3 is 0 Å². The van der Waals surface area contributed by atoms with E-state index in [0.29, 0.717) is 55.0 Å². The minimum Gasteiger partial charge on any atom is -0.399 e. The highest BCUT2D eigenvalue weighted by Gasteiger charge is 2.17. The average molecular weight is 1060 g/mol. The highest BCUT2D eigenvalue weighted by molar-refractivity contribution is 8.00. The Balaban J connectivity index is 0.000000159. The van der Waals surface area contributed by atoms with Gasteiger partial charge in [-0.1, -0.05) is 84.4 Å². The monoisotopic (exact) mass is 1050 g/mol. The van der Waals surface area contributed by atoms with E-state index in [1.165, 1.54) is 76.7 Å². The molecule has 0 fully saturated rings. The number of nitrogens with zero attached hydrogens (tertiary/aromatic N) is 10. The number of nitrogens with one attached hydrogen (secondary N) is 3. The Morgan fingerprint density at radius 3 is 1.58 bits per heavy atom. The molecule has 0 spiro atoms. The summed E-state index contributed by atoms with van der Waals surface area (Å²) in [5.41, 5.74) is 13.9. The van der Waals surface area contributed by atoms with Crippen LogP contribution in [0.2, 0.25) is 10.0 Å². The molecule has 14 nitrogen and oxygen atoms in total. The number of rotatable bonds is 13. The van der Waals surface area contributed by atoms with Gasteiger partial charge in [-0.25, -0.2) is 33.7 Å². The van der Waals surface area contributed by atoms with E-state index in [2.05, 4.69) is 105 Å². The Morgan fingerprint density at radius 1 is 0.639 bits per heavy atom. The molecule has 0 aliphatic carbocycles. The Hall–Kier alpha value is -7.65. The third-order valence-electron chi connectivity index (χ3n) is 10.7. The van der Waals surface area contributed by atoms with Crippen LogP contribution in [0.3, 0.4) is 0 Å². The van der Waals surface area contributed by atoms with Gasteiger partial charge in [-0.05, 0) is 78.0 Å². The number of aryl methyl sites for hydroxylation is 2. The highest BCUT2D eigenvalue weighted by Crippen LogP contribution is 2.38. The molecule has 0 amide bonds. The zero-order chi connectivity index (χ0) is 50.7. The number of hydrogen-bond donors (Lipinski definition) is 4. The summed E-state index contributed by atoms with van der Waals surface area (Å²) in [6.07, 6.45) is 14.4. The largest absolute Gasteiger partial charge is 0.399 e. The van der Waals surface area contributed by atoms with E-state index in [4.69, 9.17) is 28.9 Å². The van der Waals surface area contributed by atoms with E-state index in [1.54, 1.807) is 12.1 Å². The number of thiazole rings is 2. The van der Waals surface area contributed by atoms with Crippen LogP contribution in [0.1, 0.15) is 47.8 Å². The zero-order valence-electron chi connectivity index (χ0n) is 38.7. The van der Waals surface area contributed by atoms with Gasteiger partial charge in [0.1, 0.15) is 40.1 Å². The number of imidazole rings is 2. The van der Waals surface area contributed by atoms with E-state index in [0.717, 1.165) is 63.6 Å². The summed E-state index contributed by atoms with van der Waals surface area (Å²) < 4.78 is 33.4. The fraction of sp³-hybridized carbons (Fsp3) is 0.137. The van der Waals surface area contributed by atoms with Crippen LogP contribution < -0.4 is 21.7 Å². The molecule has 0 aliphatic rings. The van der Waals surface area contributed by atoms with Crippen molar-refractivity contribution in [3.05, 3.63) is 178 Å². The molecule has 0 radical (unpaired) electrons. The normalized spacial score (nSPS) is 10.7. The standard InChI is InChI=1S/C25H19ClFN7S.C14H8ClFN4S2.C12H15N3/c1-2-21-29-9-10-34(21)14-15-3-5-17(6-4-15)32-25-33-24-23(35-25)22(16(12-28)13-30-24)31-18-7-8-20(27)19(26)11-18;1-21-14-20-13-12(22-14)11(7(5-17)6-18-13)19-8-2-3-10(16)9(15)4-8;1-2-12-14-7-8-15(12)9-10-3-5-11(13)6-4-10/h3-11,13H,2,14H2,1H3,(H2,30,31,32,33);2-4,6H,1H3,(H,18,19);3-8H,2,9,13H2,1H3. The highest BCUT2D eigenvalue weighted by atomic mass is 35.5. The molecule has 72 heavy (non-hydrogen) atoms. The number of thioether (sulfide) groups is 1. The number of fused-ring (bicyclic) bond motifs is 2. The van der Waals surface area contributed by atoms with Crippen LogP contribution in [0.4, 0.5) is 48.0 Å². The lowest BCUT2D eigenvalue weighted by Crippen LogP contribution is -2.03. The smallest absolute Gasteiger partial charge is 0.189 e. The van der Waals surface area contributed by atoms with E-state index in [9.17, 15) is 19.3 Å². The van der Waals surface area contributed by atoms with Crippen LogP contribution in [0.15, 0.2) is 126 Å². The fourth-order valence-electron chi connectivity index (χ4n) is 7.16. The van der Waals surface area contributed by atoms with Crippen molar-refractivity contribution in [3.63, 3.8) is 0 Å². The molecular weight excluding hydrogens is 1010 g/mol. The lowest BCUT2D eigenvalue weighted by atomic mass is 10.2. The summed E-state index contributed by atoms with van der Waals surface area (Å²) in [6, 6.07) is 28.9. The fourth-order valence-corrected chi connectivity index (χ4v) is 9.98. The summed E-state index contributed by atoms with van der Waals surface area (Å²) in [6.45, 7) is 5.83. The van der Waals surface area contributed by atoms with Gasteiger partial charge in [-0.3, -0.25) is 0 Å². The topological polar surface area (TPSA) is 197 Å². The van der Waals surface area contributed by atoms with Gasteiger partial charge < -0.3 is 30.8 Å². The first-order valence-electron chi connectivity index (χ1n) is 22.0. The molecule has 0 bridgehead atoms. The Bertz CT molecular complexity index is 3580. The second kappa shape index (κ2) is 23.5. The number of nitriles is 2. The van der Waals surface area contributed by atoms with Crippen molar-refractivity contribution in [2.75, 3.05) is 27.9 Å². The van der Waals surface area contributed by atoms with Crippen LogP contribution in [0.5, 0.6) is 0 Å². The van der Waals surface area contributed by atoms with E-state index in [1.807, 2.05) is 55.3 Å². The minimum absolute atomic E-state index is 0.00660. The molecular formula is C51H42Cl2F2N14S3. The maximum Gasteiger partial charge on any atom is 0.189 e. The Labute approximate surface area is 435 Å². The number of halogens is 4. The van der Waals surface area contributed by atoms with Crippen LogP contribution in [-0.4, -0.2) is 45.3 Å². The SMILES string of the molecule is CCc1nccn1Cc1ccc(N)cc1.CCc1nccn1Cc1ccc(Nc2nc3ncc(C#N)c(Nc4ccc(F)c(Cl)c4)c3s2)cc1.CSc1nc2ncc(C#N)c(Nc3ccc(F)c(Cl)c3)c2s1. The number of aromatic nitrogens is 8. The van der Waals surface area contributed by atoms with E-state index in [-0.39, 0.29) is 10.0 Å². The summed E-state index contributed by atoms with van der Waals surface area (Å²) in [4.78, 5) is 26.1. The maximum absolute atomic E-state index is 13.6. The number of anilines is 7. The van der Waals surface area contributed by atoms with Crippen molar-refractivity contribution in [2.45, 2.75) is 44.1 Å². The van der Waals surface area contributed by atoms with Crippen molar-refractivity contribution in [3.8, 4) is 12.1 Å². The Morgan fingerprint density at radius 2 is 1.11 bits per heavy atom. The van der Waals surface area contributed by atoms with E-state index >= 15 is 0 Å².